The first-order chi connectivity index (χ1) is 6.84. The average Bonchev–Trinajstić information content (AvgIpc) is 2.10. The molecule has 84 valence electrons. The Morgan fingerprint density at radius 3 is 2.00 bits per heavy atom. The van der Waals surface area contributed by atoms with Crippen LogP contribution in [0, 0.1) is 0 Å². The third-order valence-electron chi connectivity index (χ3n) is 1.49. The van der Waals surface area contributed by atoms with E-state index in [1.54, 1.807) is 0 Å². The summed E-state index contributed by atoms with van der Waals surface area (Å²) in [6.45, 7) is 0. The molecule has 0 aliphatic heterocycles. The lowest BCUT2D eigenvalue weighted by molar-refractivity contribution is -0.146. The molecule has 0 heterocycles. The van der Waals surface area contributed by atoms with Crippen LogP contribution >= 0.6 is 0 Å². The van der Waals surface area contributed by atoms with Gasteiger partial charge in [-0.1, -0.05) is 6.08 Å². The van der Waals surface area contributed by atoms with E-state index in [4.69, 9.17) is 20.4 Å². The second-order valence-corrected chi connectivity index (χ2v) is 2.69. The molecule has 1 unspecified atom stereocenters. The van der Waals surface area contributed by atoms with E-state index in [0.717, 1.165) is 6.08 Å². The van der Waals surface area contributed by atoms with E-state index in [9.17, 15) is 14.4 Å². The molecular weight excluding hydrogens is 208 g/mol. The molecule has 0 aromatic heterocycles. The standard InChI is InChI=1S/C8H10O7/c9-5(8(14)15)2-1-4(7(12)13)3-6(10)11/h1,5,9H,2-3H2,(H,10,11)(H,12,13)(H,14,15). The summed E-state index contributed by atoms with van der Waals surface area (Å²) in [6, 6.07) is 0. The smallest absolute Gasteiger partial charge is 0.332 e. The maximum atomic E-state index is 10.5. The van der Waals surface area contributed by atoms with Crippen LogP contribution in [0.5, 0.6) is 0 Å². The zero-order chi connectivity index (χ0) is 12.0. The second-order valence-electron chi connectivity index (χ2n) is 2.69. The zero-order valence-electron chi connectivity index (χ0n) is 7.58. The number of carboxylic acid groups (broad SMARTS) is 3. The maximum absolute atomic E-state index is 10.5. The van der Waals surface area contributed by atoms with Crippen molar-refractivity contribution in [3.05, 3.63) is 11.6 Å². The predicted octanol–water partition coefficient (Wildman–Crippen LogP) is -0.692. The fourth-order valence-electron chi connectivity index (χ4n) is 0.753. The van der Waals surface area contributed by atoms with Gasteiger partial charge in [0.05, 0.1) is 6.42 Å². The number of hydrogen-bond acceptors (Lipinski definition) is 4. The molecule has 4 N–H and O–H groups in total. The Labute approximate surface area is 84.3 Å². The molecular formula is C8H10O7. The second kappa shape index (κ2) is 5.76. The van der Waals surface area contributed by atoms with Crippen LogP contribution in [-0.2, 0) is 14.4 Å². The molecule has 0 saturated carbocycles. The van der Waals surface area contributed by atoms with Gasteiger partial charge in [0.1, 0.15) is 0 Å². The highest BCUT2D eigenvalue weighted by atomic mass is 16.4. The van der Waals surface area contributed by atoms with Gasteiger partial charge in [-0.15, -0.1) is 0 Å². The van der Waals surface area contributed by atoms with E-state index in [1.165, 1.54) is 0 Å². The van der Waals surface area contributed by atoms with Crippen LogP contribution in [0.2, 0.25) is 0 Å². The van der Waals surface area contributed by atoms with Crippen molar-refractivity contribution in [2.75, 3.05) is 0 Å². The van der Waals surface area contributed by atoms with Crippen molar-refractivity contribution in [1.82, 2.24) is 0 Å². The summed E-state index contributed by atoms with van der Waals surface area (Å²) in [6.07, 6.45) is -2.01. The quantitative estimate of drug-likeness (QED) is 0.433. The molecule has 0 fully saturated rings. The van der Waals surface area contributed by atoms with Crippen molar-refractivity contribution in [1.29, 1.82) is 0 Å². The van der Waals surface area contributed by atoms with Crippen molar-refractivity contribution in [2.24, 2.45) is 0 Å². The highest BCUT2D eigenvalue weighted by Crippen LogP contribution is 2.05. The lowest BCUT2D eigenvalue weighted by Gasteiger charge is -2.02. The fraction of sp³-hybridized carbons (Fsp3) is 0.375. The minimum absolute atomic E-state index is 0.440. The van der Waals surface area contributed by atoms with Gasteiger partial charge in [0.2, 0.25) is 0 Å². The molecule has 0 aliphatic rings. The van der Waals surface area contributed by atoms with Crippen LogP contribution in [0.3, 0.4) is 0 Å². The number of rotatable bonds is 6. The summed E-state index contributed by atoms with van der Waals surface area (Å²) in [5.74, 6) is -4.28. The Bertz CT molecular complexity index is 304. The van der Waals surface area contributed by atoms with Gasteiger partial charge in [-0.3, -0.25) is 4.79 Å². The summed E-state index contributed by atoms with van der Waals surface area (Å²) in [5, 5.41) is 33.9. The molecule has 0 aromatic carbocycles. The first kappa shape index (κ1) is 13.1. The highest BCUT2D eigenvalue weighted by Gasteiger charge is 2.15. The number of carbonyl (C=O) groups is 3. The molecule has 0 radical (unpaired) electrons. The van der Waals surface area contributed by atoms with Crippen molar-refractivity contribution in [3.63, 3.8) is 0 Å². The van der Waals surface area contributed by atoms with Crippen molar-refractivity contribution >= 4 is 17.9 Å². The minimum atomic E-state index is -1.73. The molecule has 0 spiro atoms. The van der Waals surface area contributed by atoms with Gasteiger partial charge in [0.25, 0.3) is 0 Å². The zero-order valence-corrected chi connectivity index (χ0v) is 7.58. The van der Waals surface area contributed by atoms with Crippen LogP contribution in [-0.4, -0.2) is 44.4 Å². The lowest BCUT2D eigenvalue weighted by Crippen LogP contribution is -2.19. The molecule has 0 rings (SSSR count). The maximum Gasteiger partial charge on any atom is 0.332 e. The van der Waals surface area contributed by atoms with E-state index in [0.29, 0.717) is 0 Å². The van der Waals surface area contributed by atoms with E-state index >= 15 is 0 Å². The van der Waals surface area contributed by atoms with E-state index in [-0.39, 0.29) is 0 Å². The van der Waals surface area contributed by atoms with Gasteiger partial charge in [0.15, 0.2) is 6.10 Å². The minimum Gasteiger partial charge on any atom is -0.481 e. The largest absolute Gasteiger partial charge is 0.481 e. The Hall–Kier alpha value is -1.89. The Morgan fingerprint density at radius 1 is 1.13 bits per heavy atom. The number of aliphatic carboxylic acids is 3. The van der Waals surface area contributed by atoms with Crippen LogP contribution in [0.1, 0.15) is 12.8 Å². The van der Waals surface area contributed by atoms with Crippen molar-refractivity contribution < 1.29 is 34.8 Å². The molecule has 15 heavy (non-hydrogen) atoms. The molecule has 7 nitrogen and oxygen atoms in total. The van der Waals surface area contributed by atoms with E-state index in [1.807, 2.05) is 0 Å². The summed E-state index contributed by atoms with van der Waals surface area (Å²) in [4.78, 5) is 30.8. The number of aliphatic hydroxyl groups excluding tert-OH is 1. The lowest BCUT2D eigenvalue weighted by atomic mass is 10.1. The monoisotopic (exact) mass is 218 g/mol. The van der Waals surface area contributed by atoms with Gasteiger partial charge < -0.3 is 20.4 Å². The average molecular weight is 218 g/mol. The summed E-state index contributed by atoms with van der Waals surface area (Å²) in [7, 11) is 0. The summed E-state index contributed by atoms with van der Waals surface area (Å²) in [5.41, 5.74) is -0.456. The molecule has 1 atom stereocenters. The van der Waals surface area contributed by atoms with Gasteiger partial charge >= 0.3 is 17.9 Å². The summed E-state index contributed by atoms with van der Waals surface area (Å²) >= 11 is 0. The molecule has 0 amide bonds. The van der Waals surface area contributed by atoms with E-state index in [2.05, 4.69) is 0 Å². The predicted molar refractivity (Wildman–Crippen MR) is 46.2 cm³/mol. The SMILES string of the molecule is O=C(O)CC(=CCC(O)C(=O)O)C(=O)O. The van der Waals surface area contributed by atoms with Crippen LogP contribution in [0.25, 0.3) is 0 Å². The topological polar surface area (TPSA) is 132 Å². The van der Waals surface area contributed by atoms with Gasteiger partial charge in [-0.05, 0) is 0 Å². The number of aliphatic hydroxyl groups is 1. The van der Waals surface area contributed by atoms with Crippen molar-refractivity contribution in [3.8, 4) is 0 Å². The molecule has 0 aromatic rings. The normalized spacial score (nSPS) is 13.3. The molecule has 0 bridgehead atoms. The van der Waals surface area contributed by atoms with Gasteiger partial charge in [-0.2, -0.15) is 0 Å². The molecule has 0 aliphatic carbocycles. The van der Waals surface area contributed by atoms with Crippen molar-refractivity contribution in [2.45, 2.75) is 18.9 Å². The van der Waals surface area contributed by atoms with E-state index < -0.39 is 42.4 Å². The first-order valence-electron chi connectivity index (χ1n) is 3.89. The highest BCUT2D eigenvalue weighted by molar-refractivity contribution is 5.92. The van der Waals surface area contributed by atoms with Crippen LogP contribution in [0.4, 0.5) is 0 Å². The number of hydrogen-bond donors (Lipinski definition) is 4. The molecule has 7 heteroatoms. The van der Waals surface area contributed by atoms with Gasteiger partial charge in [-0.25, -0.2) is 9.59 Å². The van der Waals surface area contributed by atoms with Gasteiger partial charge in [0, 0.05) is 12.0 Å². The fourth-order valence-corrected chi connectivity index (χ4v) is 0.753. The summed E-state index contributed by atoms with van der Waals surface area (Å²) < 4.78 is 0. The molecule has 0 saturated heterocycles. The van der Waals surface area contributed by atoms with Crippen LogP contribution < -0.4 is 0 Å². The third-order valence-corrected chi connectivity index (χ3v) is 1.49. The number of carboxylic acids is 3. The Balaban J connectivity index is 4.49. The first-order valence-corrected chi connectivity index (χ1v) is 3.89. The Morgan fingerprint density at radius 2 is 1.67 bits per heavy atom. The third kappa shape index (κ3) is 5.42. The Kier molecular flexibility index (Phi) is 5.03. The van der Waals surface area contributed by atoms with Crippen LogP contribution in [0.15, 0.2) is 11.6 Å².